The molecule has 2 heterocycles. The molecule has 3 N–H and O–H groups in total. The van der Waals surface area contributed by atoms with E-state index in [-0.39, 0.29) is 36.3 Å². The van der Waals surface area contributed by atoms with Crippen molar-refractivity contribution in [3.05, 3.63) is 33.4 Å². The third kappa shape index (κ3) is 7.89. The van der Waals surface area contributed by atoms with Crippen LogP contribution in [0.15, 0.2) is 6.33 Å². The van der Waals surface area contributed by atoms with Gasteiger partial charge in [0.25, 0.3) is 5.91 Å². The number of primary amides is 1. The fourth-order valence-electron chi connectivity index (χ4n) is 2.19. The van der Waals surface area contributed by atoms with Crippen LogP contribution < -0.4 is 5.73 Å². The third-order valence-electron chi connectivity index (χ3n) is 3.44. The molecule has 0 bridgehead atoms. The van der Waals surface area contributed by atoms with E-state index in [9.17, 15) is 18.9 Å². The molecular weight excluding hydrogens is 438 g/mol. The standard InChI is InChI=1S/C10H13N4O7P.C4H8.CH3.Ni/c11-8(17)9-12-4-14(13-9)10-6(2-16)5(1-15)7(21-10)3-20-22(18)19;1-3-4-2;;/h1-2,4-7,10,22H,3H2,(H2,11,17)(H,18,19);1-4H2;1H3;/q;-2;-1;+3/t5?,6?,7-,10-;;;/m1.../s1. The molecule has 0 spiro atoms. The molecule has 1 amide bonds. The first-order chi connectivity index (χ1) is 12.4. The maximum absolute atomic E-state index is 11.2. The minimum absolute atomic E-state index is 0. The first-order valence-corrected chi connectivity index (χ1v) is 8.87. The third-order valence-corrected chi connectivity index (χ3v) is 3.86. The minimum atomic E-state index is -3.20. The van der Waals surface area contributed by atoms with Gasteiger partial charge < -0.3 is 50.8 Å². The molecule has 1 aromatic heterocycles. The van der Waals surface area contributed by atoms with Gasteiger partial charge in [-0.15, -0.1) is 5.10 Å². The molecule has 161 valence electrons. The van der Waals surface area contributed by atoms with Gasteiger partial charge in [-0.25, -0.2) is 22.5 Å². The van der Waals surface area contributed by atoms with Gasteiger partial charge in [-0.3, -0.25) is 9.36 Å². The maximum Gasteiger partial charge on any atom is 3.00 e. The predicted octanol–water partition coefficient (Wildman–Crippen LogP) is 0.186. The molecule has 13 heteroatoms. The van der Waals surface area contributed by atoms with E-state index in [0.717, 1.165) is 23.9 Å². The summed E-state index contributed by atoms with van der Waals surface area (Å²) in [6.45, 7) is 6.75. The van der Waals surface area contributed by atoms with Crippen molar-refractivity contribution in [2.45, 2.75) is 25.2 Å². The van der Waals surface area contributed by atoms with E-state index in [1.54, 1.807) is 0 Å². The second-order valence-electron chi connectivity index (χ2n) is 5.19. The maximum atomic E-state index is 11.2. The Labute approximate surface area is 174 Å². The predicted molar refractivity (Wildman–Crippen MR) is 95.1 cm³/mol. The van der Waals surface area contributed by atoms with Crippen molar-refractivity contribution in [2.24, 2.45) is 17.6 Å². The average molecular weight is 462 g/mol. The first-order valence-electron chi connectivity index (χ1n) is 7.60. The fourth-order valence-corrected chi connectivity index (χ4v) is 2.49. The Hall–Kier alpha value is -1.45. The Balaban J connectivity index is 0. The molecule has 1 aliphatic rings. The van der Waals surface area contributed by atoms with Gasteiger partial charge >= 0.3 is 24.7 Å². The summed E-state index contributed by atoms with van der Waals surface area (Å²) in [6, 6.07) is 0. The Morgan fingerprint density at radius 2 is 1.93 bits per heavy atom. The van der Waals surface area contributed by atoms with Crippen molar-refractivity contribution in [2.75, 3.05) is 6.61 Å². The van der Waals surface area contributed by atoms with Gasteiger partial charge in [0.2, 0.25) is 5.82 Å². The van der Waals surface area contributed by atoms with Crippen LogP contribution in [0.4, 0.5) is 0 Å². The molecule has 1 saturated heterocycles. The molecule has 3 unspecified atom stereocenters. The largest absolute Gasteiger partial charge is 3.00 e. The van der Waals surface area contributed by atoms with Crippen molar-refractivity contribution >= 4 is 26.7 Å². The smallest absolute Gasteiger partial charge is 0.363 e. The van der Waals surface area contributed by atoms with Crippen molar-refractivity contribution in [3.8, 4) is 0 Å². The van der Waals surface area contributed by atoms with Crippen LogP contribution in [-0.4, -0.2) is 50.8 Å². The molecule has 0 aliphatic carbocycles. The number of amides is 1. The molecular formula is C15H24N4NiO7P. The summed E-state index contributed by atoms with van der Waals surface area (Å²) in [5.74, 6) is -2.92. The van der Waals surface area contributed by atoms with Gasteiger partial charge in [0.05, 0.1) is 24.5 Å². The number of carbonyl (C=O) groups excluding carboxylic acids is 3. The van der Waals surface area contributed by atoms with E-state index in [4.69, 9.17) is 15.4 Å². The fraction of sp³-hybridized carbons (Fsp3) is 0.467. The number of unbranched alkanes of at least 4 members (excludes halogenated alkanes) is 1. The molecule has 11 nitrogen and oxygen atoms in total. The molecule has 1 fully saturated rings. The molecule has 0 aromatic carbocycles. The summed E-state index contributed by atoms with van der Waals surface area (Å²) in [7, 11) is -3.20. The van der Waals surface area contributed by atoms with Crippen molar-refractivity contribution < 1.29 is 49.6 Å². The van der Waals surface area contributed by atoms with Crippen LogP contribution in [0, 0.1) is 33.1 Å². The van der Waals surface area contributed by atoms with Gasteiger partial charge in [-0.2, -0.15) is 0 Å². The zero-order valence-electron chi connectivity index (χ0n) is 15.2. The monoisotopic (exact) mass is 461 g/mol. The summed E-state index contributed by atoms with van der Waals surface area (Å²) in [5, 5.41) is 3.77. The van der Waals surface area contributed by atoms with Crippen LogP contribution in [0.1, 0.15) is 29.7 Å². The number of carbonyl (C=O) groups is 3. The normalized spacial score (nSPS) is 24.0. The molecule has 1 radical (unpaired) electrons. The van der Waals surface area contributed by atoms with Crippen LogP contribution in [0.3, 0.4) is 0 Å². The number of nitrogens with zero attached hydrogens (tertiary/aromatic N) is 3. The molecule has 1 aromatic rings. The first kappa shape index (κ1) is 28.8. The number of nitrogens with two attached hydrogens (primary N) is 1. The Morgan fingerprint density at radius 1 is 1.36 bits per heavy atom. The molecule has 0 saturated carbocycles. The van der Waals surface area contributed by atoms with Crippen molar-refractivity contribution in [1.82, 2.24) is 14.8 Å². The SMILES string of the molecule is NC(=O)c1ncn([C@@H]2O[C@H](CO[PH](=O)O)C(C=O)C2C=O)n1.[CH2-]CC[CH2-].[CH3-].[Ni+3]. The topological polar surface area (TPSA) is 164 Å². The quantitative estimate of drug-likeness (QED) is 0.238. The molecule has 1 aliphatic heterocycles. The van der Waals surface area contributed by atoms with Crippen LogP contribution >= 0.6 is 8.25 Å². The average Bonchev–Trinajstić information content (AvgIpc) is 3.23. The van der Waals surface area contributed by atoms with Gasteiger partial charge in [0.15, 0.2) is 6.23 Å². The van der Waals surface area contributed by atoms with Crippen LogP contribution in [0.2, 0.25) is 0 Å². The summed E-state index contributed by atoms with van der Waals surface area (Å²) in [5.41, 5.74) is 5.03. The Morgan fingerprint density at radius 3 is 2.32 bits per heavy atom. The second-order valence-corrected chi connectivity index (χ2v) is 6.01. The summed E-state index contributed by atoms with van der Waals surface area (Å²) in [6.07, 6.45) is 2.18. The Kier molecular flexibility index (Phi) is 14.9. The second kappa shape index (κ2) is 14.5. The summed E-state index contributed by atoms with van der Waals surface area (Å²) in [4.78, 5) is 45.7. The summed E-state index contributed by atoms with van der Waals surface area (Å²) >= 11 is 0. The Bertz CT molecular complexity index is 644. The molecule has 5 atom stereocenters. The van der Waals surface area contributed by atoms with Crippen LogP contribution in [0.25, 0.3) is 0 Å². The minimum Gasteiger partial charge on any atom is -0.363 e. The number of hydrogen-bond acceptors (Lipinski definition) is 8. The van der Waals surface area contributed by atoms with E-state index in [2.05, 4.69) is 28.5 Å². The molecule has 2 rings (SSSR count). The van der Waals surface area contributed by atoms with Crippen LogP contribution in [-0.2, 0) is 39.9 Å². The van der Waals surface area contributed by atoms with Gasteiger partial charge in [-0.05, 0) is 0 Å². The van der Waals surface area contributed by atoms with Crippen LogP contribution in [0.5, 0.6) is 0 Å². The van der Waals surface area contributed by atoms with Crippen molar-refractivity contribution in [3.63, 3.8) is 0 Å². The van der Waals surface area contributed by atoms with E-state index >= 15 is 0 Å². The number of aromatic nitrogens is 3. The van der Waals surface area contributed by atoms with Crippen molar-refractivity contribution in [1.29, 1.82) is 0 Å². The van der Waals surface area contributed by atoms with E-state index in [1.807, 2.05) is 0 Å². The zero-order valence-corrected chi connectivity index (χ0v) is 17.2. The van der Waals surface area contributed by atoms with E-state index < -0.39 is 38.3 Å². The van der Waals surface area contributed by atoms with E-state index in [0.29, 0.717) is 12.6 Å². The van der Waals surface area contributed by atoms with Gasteiger partial charge in [0.1, 0.15) is 18.9 Å². The zero-order chi connectivity index (χ0) is 19.7. The number of ether oxygens (including phenoxy) is 1. The van der Waals surface area contributed by atoms with Gasteiger partial charge in [0, 0.05) is 0 Å². The molecule has 28 heavy (non-hydrogen) atoms. The summed E-state index contributed by atoms with van der Waals surface area (Å²) < 4.78 is 21.7. The number of rotatable bonds is 8. The number of aldehydes is 2. The van der Waals surface area contributed by atoms with Gasteiger partial charge in [-0.1, -0.05) is 0 Å². The van der Waals surface area contributed by atoms with E-state index in [1.165, 1.54) is 0 Å². The number of hydrogen-bond donors (Lipinski definition) is 2.